The quantitative estimate of drug-likeness (QED) is 0.736. The van der Waals surface area contributed by atoms with Crippen molar-refractivity contribution in [1.29, 1.82) is 0 Å². The number of likely N-dealkylation sites (tertiary alicyclic amines) is 1. The molecule has 0 saturated carbocycles. The fourth-order valence-electron chi connectivity index (χ4n) is 2.61. The second-order valence-electron chi connectivity index (χ2n) is 6.95. The molecular formula is C17H27N3O3. The van der Waals surface area contributed by atoms with E-state index in [1.165, 1.54) is 5.56 Å². The maximum absolute atomic E-state index is 11.6. The molecule has 0 aromatic heterocycles. The molecule has 1 aliphatic heterocycles. The van der Waals surface area contributed by atoms with Gasteiger partial charge < -0.3 is 9.84 Å². The van der Waals surface area contributed by atoms with Gasteiger partial charge in [-0.1, -0.05) is 30.3 Å². The molecule has 1 saturated heterocycles. The van der Waals surface area contributed by atoms with Gasteiger partial charge in [-0.25, -0.2) is 10.2 Å². The Morgan fingerprint density at radius 3 is 2.65 bits per heavy atom. The number of nitrogens with zero attached hydrogens (tertiary/aromatic N) is 1. The molecule has 0 aliphatic carbocycles. The first kappa shape index (κ1) is 17.7. The number of nitrogens with one attached hydrogen (secondary N) is 2. The van der Waals surface area contributed by atoms with Gasteiger partial charge in [0.05, 0.1) is 12.1 Å². The molecule has 0 radical (unpaired) electrons. The number of aliphatic hydroxyl groups excluding tert-OH is 1. The molecule has 3 N–H and O–H groups in total. The minimum Gasteiger partial charge on any atom is -0.443 e. The van der Waals surface area contributed by atoms with Crippen molar-refractivity contribution >= 4 is 6.09 Å². The minimum absolute atomic E-state index is 0.172. The predicted octanol–water partition coefficient (Wildman–Crippen LogP) is 1.65. The summed E-state index contributed by atoms with van der Waals surface area (Å²) < 4.78 is 5.16. The highest BCUT2D eigenvalue weighted by Crippen LogP contribution is 2.14. The third-order valence-corrected chi connectivity index (χ3v) is 3.67. The number of carbonyl (C=O) groups is 1. The molecule has 23 heavy (non-hydrogen) atoms. The molecule has 1 amide bonds. The summed E-state index contributed by atoms with van der Waals surface area (Å²) in [6, 6.07) is 10.0. The minimum atomic E-state index is -0.539. The molecule has 1 aliphatic rings. The first-order valence-corrected chi connectivity index (χ1v) is 8.02. The number of aliphatic hydroxyl groups is 1. The molecule has 6 heteroatoms. The lowest BCUT2D eigenvalue weighted by atomic mass is 10.0. The Hall–Kier alpha value is -1.63. The van der Waals surface area contributed by atoms with E-state index >= 15 is 0 Å². The highest BCUT2D eigenvalue weighted by molar-refractivity contribution is 5.67. The number of benzene rings is 1. The number of hydrogen-bond donors (Lipinski definition) is 3. The zero-order valence-electron chi connectivity index (χ0n) is 14.1. The summed E-state index contributed by atoms with van der Waals surface area (Å²) in [4.78, 5) is 13.8. The second-order valence-corrected chi connectivity index (χ2v) is 6.95. The molecular weight excluding hydrogens is 294 g/mol. The van der Waals surface area contributed by atoms with Crippen molar-refractivity contribution in [2.45, 2.75) is 51.5 Å². The van der Waals surface area contributed by atoms with E-state index in [4.69, 9.17) is 4.74 Å². The summed E-state index contributed by atoms with van der Waals surface area (Å²) in [5.74, 6) is 0. The second kappa shape index (κ2) is 7.77. The Balaban J connectivity index is 1.75. The van der Waals surface area contributed by atoms with Crippen LogP contribution in [0.15, 0.2) is 30.3 Å². The highest BCUT2D eigenvalue weighted by Gasteiger charge is 2.28. The lowest BCUT2D eigenvalue weighted by molar-refractivity contribution is 0.0225. The van der Waals surface area contributed by atoms with Crippen molar-refractivity contribution in [2.24, 2.45) is 0 Å². The van der Waals surface area contributed by atoms with Crippen LogP contribution in [-0.4, -0.2) is 46.9 Å². The zero-order chi connectivity index (χ0) is 16.9. The van der Waals surface area contributed by atoms with Crippen molar-refractivity contribution in [2.75, 3.05) is 13.1 Å². The number of amides is 1. The van der Waals surface area contributed by atoms with Crippen molar-refractivity contribution in [3.05, 3.63) is 35.9 Å². The summed E-state index contributed by atoms with van der Waals surface area (Å²) in [6.07, 6.45) is -0.317. The van der Waals surface area contributed by atoms with Gasteiger partial charge in [0.25, 0.3) is 0 Å². The van der Waals surface area contributed by atoms with Gasteiger partial charge in [0, 0.05) is 19.6 Å². The van der Waals surface area contributed by atoms with Gasteiger partial charge in [-0.05, 0) is 32.8 Å². The zero-order valence-corrected chi connectivity index (χ0v) is 14.1. The molecule has 1 fully saturated rings. The first-order chi connectivity index (χ1) is 10.8. The van der Waals surface area contributed by atoms with E-state index in [1.54, 1.807) is 0 Å². The van der Waals surface area contributed by atoms with Gasteiger partial charge in [0.15, 0.2) is 0 Å². The van der Waals surface area contributed by atoms with Gasteiger partial charge in [0.2, 0.25) is 0 Å². The standard InChI is InChI=1S/C17H27N3O3/c1-17(2,3)23-16(22)19-18-14-9-10-20(12-15(14)21)11-13-7-5-4-6-8-13/h4-8,14-15,18,21H,9-12H2,1-3H3,(H,19,22)/t14-,15+/m1/s1. The average Bonchev–Trinajstić information content (AvgIpc) is 2.45. The topological polar surface area (TPSA) is 73.8 Å². The molecule has 0 unspecified atom stereocenters. The maximum Gasteiger partial charge on any atom is 0.422 e. The van der Waals surface area contributed by atoms with Crippen molar-refractivity contribution < 1.29 is 14.6 Å². The largest absolute Gasteiger partial charge is 0.443 e. The van der Waals surface area contributed by atoms with Crippen LogP contribution < -0.4 is 10.9 Å². The Kier molecular flexibility index (Phi) is 5.98. The van der Waals surface area contributed by atoms with Crippen LogP contribution in [0.5, 0.6) is 0 Å². The van der Waals surface area contributed by atoms with Crippen LogP contribution >= 0.6 is 0 Å². The van der Waals surface area contributed by atoms with Gasteiger partial charge in [-0.2, -0.15) is 0 Å². The van der Waals surface area contributed by atoms with Gasteiger partial charge in [-0.15, -0.1) is 0 Å². The molecule has 1 aromatic carbocycles. The number of hydrazine groups is 1. The Morgan fingerprint density at radius 2 is 2.04 bits per heavy atom. The molecule has 128 valence electrons. The molecule has 2 rings (SSSR count). The third-order valence-electron chi connectivity index (χ3n) is 3.67. The lowest BCUT2D eigenvalue weighted by Crippen LogP contribution is -2.57. The SMILES string of the molecule is CC(C)(C)OC(=O)NN[C@@H]1CCN(Cc2ccccc2)C[C@@H]1O. The van der Waals surface area contributed by atoms with Crippen LogP contribution in [-0.2, 0) is 11.3 Å². The monoisotopic (exact) mass is 321 g/mol. The fourth-order valence-corrected chi connectivity index (χ4v) is 2.61. The molecule has 1 heterocycles. The number of rotatable bonds is 4. The summed E-state index contributed by atoms with van der Waals surface area (Å²) >= 11 is 0. The number of β-amino-alcohol motifs (C(OH)–C–C–N with tert-alkyl or cyclic N) is 1. The van der Waals surface area contributed by atoms with Crippen molar-refractivity contribution in [3.63, 3.8) is 0 Å². The summed E-state index contributed by atoms with van der Waals surface area (Å²) in [5, 5.41) is 10.3. The Labute approximate surface area is 137 Å². The first-order valence-electron chi connectivity index (χ1n) is 8.02. The number of hydrogen-bond acceptors (Lipinski definition) is 5. The maximum atomic E-state index is 11.6. The van der Waals surface area contributed by atoms with Gasteiger partial charge in [-0.3, -0.25) is 10.3 Å². The lowest BCUT2D eigenvalue weighted by Gasteiger charge is -2.36. The van der Waals surface area contributed by atoms with Gasteiger partial charge >= 0.3 is 6.09 Å². The molecule has 6 nitrogen and oxygen atoms in total. The predicted molar refractivity (Wildman–Crippen MR) is 88.6 cm³/mol. The smallest absolute Gasteiger partial charge is 0.422 e. The van der Waals surface area contributed by atoms with E-state index in [0.29, 0.717) is 6.54 Å². The molecule has 2 atom stereocenters. The molecule has 1 aromatic rings. The van der Waals surface area contributed by atoms with E-state index in [-0.39, 0.29) is 6.04 Å². The fraction of sp³-hybridized carbons (Fsp3) is 0.588. The Morgan fingerprint density at radius 1 is 1.35 bits per heavy atom. The number of piperidine rings is 1. The van der Waals surface area contributed by atoms with Crippen LogP contribution in [0.25, 0.3) is 0 Å². The van der Waals surface area contributed by atoms with E-state index in [1.807, 2.05) is 39.0 Å². The van der Waals surface area contributed by atoms with Crippen LogP contribution in [0, 0.1) is 0 Å². The highest BCUT2D eigenvalue weighted by atomic mass is 16.6. The normalized spacial score (nSPS) is 22.6. The third kappa shape index (κ3) is 6.17. The van der Waals surface area contributed by atoms with E-state index in [2.05, 4.69) is 27.9 Å². The van der Waals surface area contributed by atoms with Crippen molar-refractivity contribution in [3.8, 4) is 0 Å². The van der Waals surface area contributed by atoms with Gasteiger partial charge in [0.1, 0.15) is 5.60 Å². The van der Waals surface area contributed by atoms with E-state index in [9.17, 15) is 9.90 Å². The number of ether oxygens (including phenoxy) is 1. The van der Waals surface area contributed by atoms with Crippen LogP contribution in [0.1, 0.15) is 32.8 Å². The molecule has 0 bridgehead atoms. The van der Waals surface area contributed by atoms with E-state index < -0.39 is 17.8 Å². The van der Waals surface area contributed by atoms with Crippen LogP contribution in [0.4, 0.5) is 4.79 Å². The Bertz CT molecular complexity index is 502. The summed E-state index contributed by atoms with van der Waals surface area (Å²) in [6.45, 7) is 7.68. The summed E-state index contributed by atoms with van der Waals surface area (Å²) in [7, 11) is 0. The average molecular weight is 321 g/mol. The van der Waals surface area contributed by atoms with Crippen molar-refractivity contribution in [1.82, 2.24) is 15.8 Å². The summed E-state index contributed by atoms with van der Waals surface area (Å²) in [5.41, 5.74) is 6.09. The van der Waals surface area contributed by atoms with Crippen LogP contribution in [0.2, 0.25) is 0 Å². The van der Waals surface area contributed by atoms with E-state index in [0.717, 1.165) is 19.5 Å². The molecule has 0 spiro atoms. The van der Waals surface area contributed by atoms with Crippen LogP contribution in [0.3, 0.4) is 0 Å². The number of carbonyl (C=O) groups excluding carboxylic acids is 1.